The molecule has 1 aromatic heterocycles. The molecule has 0 aromatic carbocycles. The van der Waals surface area contributed by atoms with Crippen LogP contribution in [0.3, 0.4) is 0 Å². The number of rotatable bonds is 4. The van der Waals surface area contributed by atoms with E-state index in [9.17, 15) is 4.79 Å². The van der Waals surface area contributed by atoms with Crippen LogP contribution >= 0.6 is 24.0 Å². The second-order valence-corrected chi connectivity index (χ2v) is 5.40. The molecule has 88 valence electrons. The van der Waals surface area contributed by atoms with E-state index < -0.39 is 0 Å². The van der Waals surface area contributed by atoms with Crippen LogP contribution < -0.4 is 5.32 Å². The summed E-state index contributed by atoms with van der Waals surface area (Å²) < 4.78 is 0. The summed E-state index contributed by atoms with van der Waals surface area (Å²) in [6, 6.07) is 1.80. The molecule has 0 radical (unpaired) electrons. The van der Waals surface area contributed by atoms with Crippen molar-refractivity contribution in [2.75, 3.05) is 26.2 Å². The molecule has 0 unspecified atom stereocenters. The fraction of sp³-hybridized carbons (Fsp3) is 0.545. The number of carbonyl (C=O) groups excluding carboxylic acids is 1. The molecule has 1 N–H and O–H groups in total. The van der Waals surface area contributed by atoms with Crippen molar-refractivity contribution in [3.8, 4) is 0 Å². The molecule has 5 heteroatoms. The molecule has 1 fully saturated rings. The lowest BCUT2D eigenvalue weighted by molar-refractivity contribution is 0.0953. The molecule has 1 aliphatic heterocycles. The summed E-state index contributed by atoms with van der Waals surface area (Å²) in [7, 11) is 0. The lowest BCUT2D eigenvalue weighted by atomic mass is 10.4. The molecule has 0 atom stereocenters. The molecule has 1 aromatic rings. The fourth-order valence-corrected chi connectivity index (χ4v) is 2.93. The second kappa shape index (κ2) is 5.70. The van der Waals surface area contributed by atoms with E-state index in [0.717, 1.165) is 22.9 Å². The molecule has 0 aliphatic carbocycles. The molecule has 3 nitrogen and oxygen atoms in total. The molecule has 0 saturated carbocycles. The van der Waals surface area contributed by atoms with E-state index in [1.807, 2.05) is 5.38 Å². The van der Waals surface area contributed by atoms with E-state index in [1.165, 1.54) is 37.3 Å². The first-order valence-electron chi connectivity index (χ1n) is 5.54. The minimum Gasteiger partial charge on any atom is -0.350 e. The maximum atomic E-state index is 11.7. The predicted octanol–water partition coefficient (Wildman–Crippen LogP) is 1.86. The molecule has 16 heavy (non-hydrogen) atoms. The Morgan fingerprint density at radius 2 is 2.25 bits per heavy atom. The lowest BCUT2D eigenvalue weighted by Crippen LogP contribution is -2.33. The quantitative estimate of drug-likeness (QED) is 0.806. The molecule has 2 rings (SSSR count). The summed E-state index contributed by atoms with van der Waals surface area (Å²) in [5.41, 5.74) is 0. The van der Waals surface area contributed by atoms with Crippen LogP contribution in [0.2, 0.25) is 0 Å². The highest BCUT2D eigenvalue weighted by atomic mass is 32.1. The van der Waals surface area contributed by atoms with E-state index in [4.69, 9.17) is 0 Å². The van der Waals surface area contributed by atoms with E-state index in [0.29, 0.717) is 0 Å². The Hall–Kier alpha value is -0.520. The zero-order chi connectivity index (χ0) is 11.4. The monoisotopic (exact) mass is 256 g/mol. The Labute approximate surface area is 105 Å². The zero-order valence-corrected chi connectivity index (χ0v) is 10.8. The minimum atomic E-state index is 0.0181. The lowest BCUT2D eigenvalue weighted by Gasteiger charge is -2.14. The second-order valence-electron chi connectivity index (χ2n) is 3.97. The topological polar surface area (TPSA) is 32.3 Å². The number of hydrogen-bond acceptors (Lipinski definition) is 4. The van der Waals surface area contributed by atoms with Gasteiger partial charge in [-0.3, -0.25) is 4.79 Å². The SMILES string of the molecule is O=C(NCCN1CCCC1)c1cc(S)cs1. The van der Waals surface area contributed by atoms with Gasteiger partial charge in [-0.2, -0.15) is 0 Å². The number of thiol groups is 1. The summed E-state index contributed by atoms with van der Waals surface area (Å²) >= 11 is 5.62. The van der Waals surface area contributed by atoms with Crippen LogP contribution in [0, 0.1) is 0 Å². The van der Waals surface area contributed by atoms with Crippen molar-refractivity contribution in [2.24, 2.45) is 0 Å². The molecule has 2 heterocycles. The van der Waals surface area contributed by atoms with Gasteiger partial charge < -0.3 is 10.2 Å². The third-order valence-corrected chi connectivity index (χ3v) is 4.08. The van der Waals surface area contributed by atoms with Crippen LogP contribution in [0.15, 0.2) is 16.3 Å². The molecule has 0 bridgehead atoms. The first-order chi connectivity index (χ1) is 7.75. The molecule has 1 aliphatic rings. The summed E-state index contributed by atoms with van der Waals surface area (Å²) in [4.78, 5) is 15.7. The van der Waals surface area contributed by atoms with Gasteiger partial charge >= 0.3 is 0 Å². The van der Waals surface area contributed by atoms with Gasteiger partial charge in [0.25, 0.3) is 5.91 Å². The van der Waals surface area contributed by atoms with Gasteiger partial charge in [0.1, 0.15) is 0 Å². The maximum absolute atomic E-state index is 11.7. The van der Waals surface area contributed by atoms with Gasteiger partial charge in [0, 0.05) is 23.4 Å². The number of hydrogen-bond donors (Lipinski definition) is 2. The van der Waals surface area contributed by atoms with E-state index in [-0.39, 0.29) is 5.91 Å². The molecule has 0 spiro atoms. The van der Waals surface area contributed by atoms with Crippen LogP contribution in [0.25, 0.3) is 0 Å². The van der Waals surface area contributed by atoms with Gasteiger partial charge in [0.2, 0.25) is 0 Å². The Balaban J connectivity index is 1.71. The summed E-state index contributed by atoms with van der Waals surface area (Å²) in [5.74, 6) is 0.0181. The summed E-state index contributed by atoms with van der Waals surface area (Å²) in [6.45, 7) is 4.05. The highest BCUT2D eigenvalue weighted by molar-refractivity contribution is 7.80. The van der Waals surface area contributed by atoms with Crippen molar-refractivity contribution in [1.82, 2.24) is 10.2 Å². The normalized spacial score (nSPS) is 16.6. The average Bonchev–Trinajstić information content (AvgIpc) is 2.89. The number of nitrogens with zero attached hydrogens (tertiary/aromatic N) is 1. The van der Waals surface area contributed by atoms with Gasteiger partial charge in [-0.15, -0.1) is 24.0 Å². The van der Waals surface area contributed by atoms with Crippen LogP contribution in [0.4, 0.5) is 0 Å². The number of amides is 1. The minimum absolute atomic E-state index is 0.0181. The fourth-order valence-electron chi connectivity index (χ4n) is 1.87. The van der Waals surface area contributed by atoms with Crippen molar-refractivity contribution in [2.45, 2.75) is 17.7 Å². The number of nitrogens with one attached hydrogen (secondary N) is 1. The van der Waals surface area contributed by atoms with Crippen LogP contribution in [-0.4, -0.2) is 37.0 Å². The van der Waals surface area contributed by atoms with Crippen molar-refractivity contribution in [3.63, 3.8) is 0 Å². The van der Waals surface area contributed by atoms with Gasteiger partial charge in [-0.1, -0.05) is 0 Å². The van der Waals surface area contributed by atoms with Gasteiger partial charge in [0.15, 0.2) is 0 Å². The van der Waals surface area contributed by atoms with Gasteiger partial charge in [0.05, 0.1) is 4.88 Å². The molecular formula is C11H16N2OS2. The molecule has 1 amide bonds. The largest absolute Gasteiger partial charge is 0.350 e. The van der Waals surface area contributed by atoms with Crippen molar-refractivity contribution in [3.05, 3.63) is 16.3 Å². The predicted molar refractivity (Wildman–Crippen MR) is 69.6 cm³/mol. The number of carbonyl (C=O) groups is 1. The maximum Gasteiger partial charge on any atom is 0.261 e. The van der Waals surface area contributed by atoms with Crippen molar-refractivity contribution < 1.29 is 4.79 Å². The Morgan fingerprint density at radius 3 is 2.88 bits per heavy atom. The number of thiophene rings is 1. The Bertz CT molecular complexity index is 359. The van der Waals surface area contributed by atoms with E-state index in [2.05, 4.69) is 22.8 Å². The Morgan fingerprint density at radius 1 is 1.50 bits per heavy atom. The van der Waals surface area contributed by atoms with Gasteiger partial charge in [-0.05, 0) is 32.0 Å². The molecular weight excluding hydrogens is 240 g/mol. The van der Waals surface area contributed by atoms with Gasteiger partial charge in [-0.25, -0.2) is 0 Å². The third-order valence-electron chi connectivity index (χ3n) is 2.72. The van der Waals surface area contributed by atoms with Crippen molar-refractivity contribution >= 4 is 29.9 Å². The smallest absolute Gasteiger partial charge is 0.261 e. The first kappa shape index (κ1) is 12.0. The highest BCUT2D eigenvalue weighted by Gasteiger charge is 2.12. The summed E-state index contributed by atoms with van der Waals surface area (Å²) in [6.07, 6.45) is 2.59. The molecule has 1 saturated heterocycles. The van der Waals surface area contributed by atoms with E-state index >= 15 is 0 Å². The summed E-state index contributed by atoms with van der Waals surface area (Å²) in [5, 5.41) is 4.81. The average molecular weight is 256 g/mol. The van der Waals surface area contributed by atoms with Crippen LogP contribution in [-0.2, 0) is 0 Å². The standard InChI is InChI=1S/C11H16N2OS2/c14-11(10-7-9(15)8-16-10)12-3-6-13-4-1-2-5-13/h7-8,15H,1-6H2,(H,12,14). The third kappa shape index (κ3) is 3.23. The van der Waals surface area contributed by atoms with E-state index in [1.54, 1.807) is 6.07 Å². The highest BCUT2D eigenvalue weighted by Crippen LogP contribution is 2.17. The van der Waals surface area contributed by atoms with Crippen LogP contribution in [0.5, 0.6) is 0 Å². The van der Waals surface area contributed by atoms with Crippen LogP contribution in [0.1, 0.15) is 22.5 Å². The zero-order valence-electron chi connectivity index (χ0n) is 9.11. The first-order valence-corrected chi connectivity index (χ1v) is 6.86. The van der Waals surface area contributed by atoms with Crippen molar-refractivity contribution in [1.29, 1.82) is 0 Å². The Kier molecular flexibility index (Phi) is 4.26. The number of likely N-dealkylation sites (tertiary alicyclic amines) is 1.